The van der Waals surface area contributed by atoms with Gasteiger partial charge in [-0.15, -0.1) is 0 Å². The molecular weight excluding hydrogens is 441 g/mol. The minimum atomic E-state index is -1.04. The van der Waals surface area contributed by atoms with Gasteiger partial charge in [-0.2, -0.15) is 5.10 Å². The van der Waals surface area contributed by atoms with E-state index in [4.69, 9.17) is 9.57 Å². The summed E-state index contributed by atoms with van der Waals surface area (Å²) < 4.78 is 7.59. The van der Waals surface area contributed by atoms with Crippen LogP contribution in [-0.2, 0) is 11.4 Å². The van der Waals surface area contributed by atoms with Crippen molar-refractivity contribution in [2.45, 2.75) is 20.0 Å². The monoisotopic (exact) mass is 465 g/mol. The number of oxime groups is 1. The summed E-state index contributed by atoms with van der Waals surface area (Å²) >= 11 is 0. The fraction of sp³-hybridized carbons (Fsp3) is 0.115. The SMILES string of the molecule is CCC(=NOCc1cccc(Oc2ccccc2C(=O)O)c1)c1ccc(-n2cccn2)cc1.[NaH]. The van der Waals surface area contributed by atoms with Crippen LogP contribution in [0.15, 0.2) is 96.4 Å². The van der Waals surface area contributed by atoms with Gasteiger partial charge in [0.15, 0.2) is 0 Å². The Hall–Kier alpha value is -3.39. The van der Waals surface area contributed by atoms with Crippen molar-refractivity contribution in [2.24, 2.45) is 5.16 Å². The number of carboxylic acids is 1. The van der Waals surface area contributed by atoms with Crippen LogP contribution in [0.25, 0.3) is 5.69 Å². The van der Waals surface area contributed by atoms with Gasteiger partial charge in [-0.25, -0.2) is 9.48 Å². The molecule has 0 bridgehead atoms. The van der Waals surface area contributed by atoms with Crippen LogP contribution in [0, 0.1) is 0 Å². The number of carboxylic acid groups (broad SMARTS) is 1. The summed E-state index contributed by atoms with van der Waals surface area (Å²) in [5, 5.41) is 17.9. The van der Waals surface area contributed by atoms with Crippen LogP contribution >= 0.6 is 0 Å². The first-order valence-electron chi connectivity index (χ1n) is 10.5. The van der Waals surface area contributed by atoms with Crippen molar-refractivity contribution in [1.29, 1.82) is 0 Å². The summed E-state index contributed by atoms with van der Waals surface area (Å²) in [5.74, 6) is -0.226. The number of aromatic carboxylic acids is 1. The zero-order valence-electron chi connectivity index (χ0n) is 18.1. The topological polar surface area (TPSA) is 85.9 Å². The number of hydrogen-bond donors (Lipinski definition) is 1. The Kier molecular flexibility index (Phi) is 9.04. The molecule has 168 valence electrons. The van der Waals surface area contributed by atoms with E-state index in [1.165, 1.54) is 6.07 Å². The van der Waals surface area contributed by atoms with Crippen molar-refractivity contribution >= 4 is 41.2 Å². The maximum absolute atomic E-state index is 11.4. The molecule has 1 N–H and O–H groups in total. The first-order valence-corrected chi connectivity index (χ1v) is 10.5. The van der Waals surface area contributed by atoms with Crippen molar-refractivity contribution in [3.8, 4) is 17.2 Å². The summed E-state index contributed by atoms with van der Waals surface area (Å²) in [6.07, 6.45) is 4.35. The molecule has 7 nitrogen and oxygen atoms in total. The van der Waals surface area contributed by atoms with E-state index in [-0.39, 0.29) is 47.5 Å². The van der Waals surface area contributed by atoms with E-state index >= 15 is 0 Å². The summed E-state index contributed by atoms with van der Waals surface area (Å²) in [6.45, 7) is 2.28. The Morgan fingerprint density at radius 3 is 2.53 bits per heavy atom. The Morgan fingerprint density at radius 1 is 1.03 bits per heavy atom. The van der Waals surface area contributed by atoms with Gasteiger partial charge >= 0.3 is 35.5 Å². The number of carbonyl (C=O) groups is 1. The molecule has 4 rings (SSSR count). The molecule has 0 aliphatic heterocycles. The zero-order valence-corrected chi connectivity index (χ0v) is 18.1. The number of hydrogen-bond acceptors (Lipinski definition) is 5. The second-order valence-electron chi connectivity index (χ2n) is 7.21. The predicted octanol–water partition coefficient (Wildman–Crippen LogP) is 5.05. The summed E-state index contributed by atoms with van der Waals surface area (Å²) in [5.41, 5.74) is 3.76. The van der Waals surface area contributed by atoms with E-state index in [1.54, 1.807) is 41.2 Å². The molecular formula is C26H24N3NaO4. The van der Waals surface area contributed by atoms with Gasteiger partial charge < -0.3 is 14.7 Å². The van der Waals surface area contributed by atoms with E-state index in [2.05, 4.69) is 10.3 Å². The number of para-hydroxylation sites is 1. The molecule has 0 unspecified atom stereocenters. The molecule has 4 aromatic rings. The number of rotatable bonds is 9. The fourth-order valence-electron chi connectivity index (χ4n) is 3.29. The second kappa shape index (κ2) is 12.2. The predicted molar refractivity (Wildman–Crippen MR) is 132 cm³/mol. The van der Waals surface area contributed by atoms with Crippen LogP contribution in [0.5, 0.6) is 11.5 Å². The van der Waals surface area contributed by atoms with Gasteiger partial charge in [-0.1, -0.05) is 48.5 Å². The molecule has 0 atom stereocenters. The van der Waals surface area contributed by atoms with Crippen molar-refractivity contribution in [2.75, 3.05) is 0 Å². The Bertz CT molecular complexity index is 1260. The van der Waals surface area contributed by atoms with E-state index in [0.717, 1.165) is 28.9 Å². The van der Waals surface area contributed by atoms with Gasteiger partial charge in [0.1, 0.15) is 23.7 Å². The van der Waals surface area contributed by atoms with Gasteiger partial charge in [0.25, 0.3) is 0 Å². The van der Waals surface area contributed by atoms with E-state index in [1.807, 2.05) is 55.6 Å². The molecule has 0 spiro atoms. The third kappa shape index (κ3) is 6.35. The van der Waals surface area contributed by atoms with Crippen molar-refractivity contribution < 1.29 is 19.5 Å². The molecule has 1 heterocycles. The van der Waals surface area contributed by atoms with Crippen LogP contribution in [0.2, 0.25) is 0 Å². The average molecular weight is 465 g/mol. The summed E-state index contributed by atoms with van der Waals surface area (Å²) in [6, 6.07) is 23.7. The fourth-order valence-corrected chi connectivity index (χ4v) is 3.29. The molecule has 1 aromatic heterocycles. The quantitative estimate of drug-likeness (QED) is 0.213. The van der Waals surface area contributed by atoms with Crippen LogP contribution in [0.1, 0.15) is 34.8 Å². The summed E-state index contributed by atoms with van der Waals surface area (Å²) in [7, 11) is 0. The molecule has 0 fully saturated rings. The van der Waals surface area contributed by atoms with Crippen molar-refractivity contribution in [3.63, 3.8) is 0 Å². The van der Waals surface area contributed by atoms with Gasteiger partial charge in [0.2, 0.25) is 0 Å². The minimum absolute atomic E-state index is 0. The molecule has 0 aliphatic rings. The van der Waals surface area contributed by atoms with E-state index < -0.39 is 5.97 Å². The Labute approximate surface area is 219 Å². The number of aromatic nitrogens is 2. The molecule has 0 saturated heterocycles. The van der Waals surface area contributed by atoms with E-state index in [9.17, 15) is 9.90 Å². The first-order chi connectivity index (χ1) is 16.1. The number of benzene rings is 3. The average Bonchev–Trinajstić information content (AvgIpc) is 3.38. The summed E-state index contributed by atoms with van der Waals surface area (Å²) in [4.78, 5) is 17.0. The number of ether oxygens (including phenoxy) is 1. The molecule has 34 heavy (non-hydrogen) atoms. The molecule has 0 amide bonds. The van der Waals surface area contributed by atoms with Crippen LogP contribution in [-0.4, -0.2) is 56.1 Å². The molecule has 8 heteroatoms. The van der Waals surface area contributed by atoms with Gasteiger partial charge in [0.05, 0.1) is 11.4 Å². The van der Waals surface area contributed by atoms with Gasteiger partial charge in [-0.05, 0) is 60.0 Å². The normalized spacial score (nSPS) is 10.9. The Morgan fingerprint density at radius 2 is 1.82 bits per heavy atom. The Balaban J connectivity index is 0.00000324. The van der Waals surface area contributed by atoms with Crippen LogP contribution in [0.3, 0.4) is 0 Å². The third-order valence-electron chi connectivity index (χ3n) is 4.95. The van der Waals surface area contributed by atoms with Crippen LogP contribution in [0.4, 0.5) is 0 Å². The number of nitrogens with zero attached hydrogens (tertiary/aromatic N) is 3. The first kappa shape index (κ1) is 25.2. The molecule has 0 aliphatic carbocycles. The van der Waals surface area contributed by atoms with Crippen molar-refractivity contribution in [3.05, 3.63) is 108 Å². The standard InChI is InChI=1S/C26H23N3O4.Na.H/c1-2-24(20-11-13-21(14-12-20)29-16-6-15-27-29)28-32-18-19-7-5-8-22(17-19)33-25-10-4-3-9-23(25)26(30)31;;/h3-17H,2,18H2,1H3,(H,30,31);;. The second-order valence-corrected chi connectivity index (χ2v) is 7.21. The van der Waals surface area contributed by atoms with Crippen molar-refractivity contribution in [1.82, 2.24) is 9.78 Å². The molecule has 3 aromatic carbocycles. The third-order valence-corrected chi connectivity index (χ3v) is 4.95. The van der Waals surface area contributed by atoms with Gasteiger partial charge in [0, 0.05) is 12.4 Å². The van der Waals surface area contributed by atoms with Crippen LogP contribution < -0.4 is 4.74 Å². The van der Waals surface area contributed by atoms with Gasteiger partial charge in [-0.3, -0.25) is 0 Å². The van der Waals surface area contributed by atoms with E-state index in [0.29, 0.717) is 5.75 Å². The zero-order chi connectivity index (χ0) is 23.0. The molecule has 0 saturated carbocycles. The maximum atomic E-state index is 11.4. The molecule has 0 radical (unpaired) electrons.